The summed E-state index contributed by atoms with van der Waals surface area (Å²) in [6, 6.07) is 0.207. The summed E-state index contributed by atoms with van der Waals surface area (Å²) < 4.78 is 12.4. The minimum atomic E-state index is -0.154. The second-order valence-corrected chi connectivity index (χ2v) is 7.54. The van der Waals surface area contributed by atoms with Gasteiger partial charge in [0.2, 0.25) is 0 Å². The van der Waals surface area contributed by atoms with Crippen molar-refractivity contribution in [2.75, 3.05) is 24.7 Å². The van der Waals surface area contributed by atoms with Crippen LogP contribution in [-0.2, 0) is 9.47 Å². The molecule has 0 aliphatic carbocycles. The summed E-state index contributed by atoms with van der Waals surface area (Å²) in [6.45, 7) is 8.10. The van der Waals surface area contributed by atoms with E-state index in [9.17, 15) is 0 Å². The van der Waals surface area contributed by atoms with Gasteiger partial charge in [0.05, 0.1) is 17.2 Å². The Hall–Kier alpha value is 0.190. The van der Waals surface area contributed by atoms with Gasteiger partial charge in [-0.2, -0.15) is 11.8 Å². The van der Waals surface area contributed by atoms with E-state index in [1.165, 1.54) is 12.2 Å². The summed E-state index contributed by atoms with van der Waals surface area (Å²) in [5.41, 5.74) is 3.06. The zero-order valence-electron chi connectivity index (χ0n) is 13.8. The average Bonchev–Trinajstić information content (AvgIpc) is 2.95. The topological polar surface area (TPSA) is 56.5 Å². The minimum Gasteiger partial charge on any atom is -0.374 e. The van der Waals surface area contributed by atoms with E-state index in [4.69, 9.17) is 15.3 Å². The van der Waals surface area contributed by atoms with E-state index in [1.807, 2.05) is 11.8 Å². The number of hydrogen-bond acceptors (Lipinski definition) is 5. The molecule has 0 saturated carbocycles. The van der Waals surface area contributed by atoms with E-state index in [2.05, 4.69) is 26.2 Å². The molecule has 2 aliphatic heterocycles. The van der Waals surface area contributed by atoms with Gasteiger partial charge in [0.1, 0.15) is 0 Å². The number of nitrogens with one attached hydrogen (secondary N) is 1. The van der Waals surface area contributed by atoms with E-state index < -0.39 is 0 Å². The molecule has 4 nitrogen and oxygen atoms in total. The normalized spacial score (nSPS) is 31.7. The van der Waals surface area contributed by atoms with Crippen LogP contribution in [0.2, 0.25) is 0 Å². The Morgan fingerprint density at radius 2 is 2.19 bits per heavy atom. The van der Waals surface area contributed by atoms with Gasteiger partial charge in [-0.15, -0.1) is 0 Å². The molecule has 0 amide bonds. The fraction of sp³-hybridized carbons (Fsp3) is 1.00. The van der Waals surface area contributed by atoms with Gasteiger partial charge >= 0.3 is 0 Å². The van der Waals surface area contributed by atoms with Gasteiger partial charge in [0.25, 0.3) is 0 Å². The lowest BCUT2D eigenvalue weighted by atomic mass is 9.73. The quantitative estimate of drug-likeness (QED) is 0.559. The van der Waals surface area contributed by atoms with Crippen molar-refractivity contribution in [1.82, 2.24) is 5.43 Å². The molecule has 0 aromatic carbocycles. The third-order valence-electron chi connectivity index (χ3n) is 5.44. The van der Waals surface area contributed by atoms with Gasteiger partial charge in [0, 0.05) is 19.0 Å². The van der Waals surface area contributed by atoms with Crippen molar-refractivity contribution in [2.45, 2.75) is 70.1 Å². The molecule has 124 valence electrons. The molecule has 2 fully saturated rings. The van der Waals surface area contributed by atoms with Crippen molar-refractivity contribution in [3.8, 4) is 0 Å². The first kappa shape index (κ1) is 17.5. The Morgan fingerprint density at radius 3 is 2.71 bits per heavy atom. The van der Waals surface area contributed by atoms with Crippen LogP contribution in [0.25, 0.3) is 0 Å². The minimum absolute atomic E-state index is 0.0993. The Labute approximate surface area is 133 Å². The van der Waals surface area contributed by atoms with Crippen LogP contribution in [-0.4, -0.2) is 42.0 Å². The average molecular weight is 317 g/mol. The summed E-state index contributed by atoms with van der Waals surface area (Å²) >= 11 is 2.02. The molecule has 3 unspecified atom stereocenters. The summed E-state index contributed by atoms with van der Waals surface area (Å²) in [7, 11) is 0. The summed E-state index contributed by atoms with van der Waals surface area (Å²) in [5.74, 6) is 8.89. The maximum Gasteiger partial charge on any atom is 0.0845 e. The van der Waals surface area contributed by atoms with Crippen LogP contribution in [0, 0.1) is 5.92 Å². The molecule has 2 aliphatic rings. The smallest absolute Gasteiger partial charge is 0.0845 e. The lowest BCUT2D eigenvalue weighted by Gasteiger charge is -2.47. The van der Waals surface area contributed by atoms with Gasteiger partial charge < -0.3 is 9.47 Å². The second kappa shape index (κ2) is 7.64. The SMILES string of the molecule is CCOC(CC)(CC)C(NN)C1CCOC2(CCSC2)C1. The zero-order valence-corrected chi connectivity index (χ0v) is 14.6. The first-order valence-electron chi connectivity index (χ1n) is 8.47. The van der Waals surface area contributed by atoms with Gasteiger partial charge in [-0.05, 0) is 50.7 Å². The fourth-order valence-corrected chi connectivity index (χ4v) is 5.58. The summed E-state index contributed by atoms with van der Waals surface area (Å²) in [6.07, 6.45) is 5.36. The number of ether oxygens (including phenoxy) is 2. The lowest BCUT2D eigenvalue weighted by Crippen LogP contribution is -2.60. The van der Waals surface area contributed by atoms with Crippen LogP contribution in [0.5, 0.6) is 0 Å². The van der Waals surface area contributed by atoms with Crippen LogP contribution >= 0.6 is 11.8 Å². The highest BCUT2D eigenvalue weighted by atomic mass is 32.2. The van der Waals surface area contributed by atoms with Crippen LogP contribution in [0.15, 0.2) is 0 Å². The van der Waals surface area contributed by atoms with Crippen LogP contribution in [0.1, 0.15) is 52.9 Å². The zero-order chi connectivity index (χ0) is 15.3. The van der Waals surface area contributed by atoms with E-state index in [-0.39, 0.29) is 17.2 Å². The lowest BCUT2D eigenvalue weighted by molar-refractivity contribution is -0.127. The van der Waals surface area contributed by atoms with Crippen molar-refractivity contribution < 1.29 is 9.47 Å². The maximum atomic E-state index is 6.20. The number of hydrogen-bond donors (Lipinski definition) is 2. The van der Waals surface area contributed by atoms with Crippen LogP contribution in [0.4, 0.5) is 0 Å². The molecular formula is C16H32N2O2S. The van der Waals surface area contributed by atoms with E-state index in [0.717, 1.165) is 44.6 Å². The van der Waals surface area contributed by atoms with E-state index in [1.54, 1.807) is 0 Å². The van der Waals surface area contributed by atoms with Crippen LogP contribution in [0.3, 0.4) is 0 Å². The molecule has 2 saturated heterocycles. The van der Waals surface area contributed by atoms with Crippen molar-refractivity contribution >= 4 is 11.8 Å². The standard InChI is InChI=1S/C16H32N2O2S/c1-4-16(5-2,19-6-3)14(18-17)13-7-9-20-15(11-13)8-10-21-12-15/h13-14,18H,4-12,17H2,1-3H3. The van der Waals surface area contributed by atoms with Gasteiger partial charge in [-0.25, -0.2) is 0 Å². The Balaban J connectivity index is 2.14. The molecule has 0 bridgehead atoms. The molecule has 3 atom stereocenters. The molecule has 2 rings (SSSR count). The van der Waals surface area contributed by atoms with Gasteiger partial charge in [-0.3, -0.25) is 11.3 Å². The monoisotopic (exact) mass is 316 g/mol. The van der Waals surface area contributed by atoms with Gasteiger partial charge in [-0.1, -0.05) is 13.8 Å². The summed E-state index contributed by atoms with van der Waals surface area (Å²) in [4.78, 5) is 0. The number of rotatable bonds is 7. The largest absolute Gasteiger partial charge is 0.374 e. The fourth-order valence-electron chi connectivity index (χ4n) is 4.20. The number of hydrazine groups is 1. The highest BCUT2D eigenvalue weighted by Crippen LogP contribution is 2.43. The Kier molecular flexibility index (Phi) is 6.38. The van der Waals surface area contributed by atoms with Crippen molar-refractivity contribution in [2.24, 2.45) is 11.8 Å². The first-order chi connectivity index (χ1) is 10.2. The Bertz CT molecular complexity index is 317. The van der Waals surface area contributed by atoms with E-state index in [0.29, 0.717) is 5.92 Å². The van der Waals surface area contributed by atoms with Crippen molar-refractivity contribution in [1.29, 1.82) is 0 Å². The Morgan fingerprint density at radius 1 is 1.43 bits per heavy atom. The molecular weight excluding hydrogens is 284 g/mol. The molecule has 3 N–H and O–H groups in total. The second-order valence-electron chi connectivity index (χ2n) is 6.44. The van der Waals surface area contributed by atoms with Crippen LogP contribution < -0.4 is 11.3 Å². The van der Waals surface area contributed by atoms with Crippen molar-refractivity contribution in [3.05, 3.63) is 0 Å². The summed E-state index contributed by atoms with van der Waals surface area (Å²) in [5, 5.41) is 0. The van der Waals surface area contributed by atoms with Gasteiger partial charge in [0.15, 0.2) is 0 Å². The predicted molar refractivity (Wildman–Crippen MR) is 89.4 cm³/mol. The third kappa shape index (κ3) is 3.58. The third-order valence-corrected chi connectivity index (χ3v) is 6.67. The highest BCUT2D eigenvalue weighted by molar-refractivity contribution is 7.99. The number of nitrogens with two attached hydrogens (primary N) is 1. The predicted octanol–water partition coefficient (Wildman–Crippen LogP) is 2.72. The highest BCUT2D eigenvalue weighted by Gasteiger charge is 2.47. The molecule has 0 aromatic rings. The first-order valence-corrected chi connectivity index (χ1v) is 9.62. The number of thioether (sulfide) groups is 1. The molecule has 2 heterocycles. The molecule has 0 aromatic heterocycles. The van der Waals surface area contributed by atoms with Crippen molar-refractivity contribution in [3.63, 3.8) is 0 Å². The van der Waals surface area contributed by atoms with E-state index >= 15 is 0 Å². The molecule has 0 radical (unpaired) electrons. The maximum absolute atomic E-state index is 6.20. The molecule has 5 heteroatoms. The molecule has 1 spiro atoms. The molecule has 21 heavy (non-hydrogen) atoms.